The van der Waals surface area contributed by atoms with Crippen LogP contribution in [0.15, 0.2) is 5.38 Å². The Morgan fingerprint density at radius 1 is 1.56 bits per heavy atom. The van der Waals surface area contributed by atoms with Crippen molar-refractivity contribution in [3.8, 4) is 0 Å². The van der Waals surface area contributed by atoms with Gasteiger partial charge in [0.15, 0.2) is 0 Å². The second kappa shape index (κ2) is 6.64. The smallest absolute Gasteiger partial charge is 0.0954 e. The molecule has 0 aromatic carbocycles. The van der Waals surface area contributed by atoms with Crippen LogP contribution in [0.5, 0.6) is 0 Å². The van der Waals surface area contributed by atoms with E-state index in [0.717, 1.165) is 32.8 Å². The minimum Gasteiger partial charge on any atom is -0.381 e. The van der Waals surface area contributed by atoms with E-state index in [1.807, 2.05) is 0 Å². The maximum atomic E-state index is 5.45. The van der Waals surface area contributed by atoms with Crippen molar-refractivity contribution >= 4 is 11.3 Å². The highest BCUT2D eigenvalue weighted by Gasteiger charge is 2.19. The lowest BCUT2D eigenvalue weighted by Crippen LogP contribution is -2.29. The van der Waals surface area contributed by atoms with Crippen molar-refractivity contribution in [1.82, 2.24) is 9.88 Å². The fourth-order valence-electron chi connectivity index (χ4n) is 2.29. The Morgan fingerprint density at radius 2 is 2.39 bits per heavy atom. The van der Waals surface area contributed by atoms with E-state index < -0.39 is 0 Å². The summed E-state index contributed by atoms with van der Waals surface area (Å²) in [5.74, 6) is 1.26. The van der Waals surface area contributed by atoms with Crippen LogP contribution in [0.2, 0.25) is 0 Å². The van der Waals surface area contributed by atoms with Gasteiger partial charge in [0.1, 0.15) is 0 Å². The molecular weight excluding hydrogens is 244 g/mol. The van der Waals surface area contributed by atoms with Gasteiger partial charge in [0.2, 0.25) is 0 Å². The Hall–Kier alpha value is -0.450. The summed E-state index contributed by atoms with van der Waals surface area (Å²) in [5.41, 5.74) is 1.23. The first-order valence-corrected chi connectivity index (χ1v) is 7.81. The van der Waals surface area contributed by atoms with E-state index in [4.69, 9.17) is 9.72 Å². The maximum Gasteiger partial charge on any atom is 0.0954 e. The van der Waals surface area contributed by atoms with E-state index in [1.54, 1.807) is 11.3 Å². The largest absolute Gasteiger partial charge is 0.381 e. The minimum absolute atomic E-state index is 0.544. The predicted octanol–water partition coefficient (Wildman–Crippen LogP) is 3.12. The summed E-state index contributed by atoms with van der Waals surface area (Å²) in [6, 6.07) is 0. The van der Waals surface area contributed by atoms with Gasteiger partial charge in [-0.15, -0.1) is 11.3 Å². The highest BCUT2D eigenvalue weighted by atomic mass is 32.1. The van der Waals surface area contributed by atoms with Crippen LogP contribution in [-0.2, 0) is 11.3 Å². The molecule has 0 amide bonds. The zero-order chi connectivity index (χ0) is 13.0. The fraction of sp³-hybridized carbons (Fsp3) is 0.786. The molecule has 1 aromatic rings. The molecule has 1 aliphatic rings. The molecule has 0 radical (unpaired) electrons. The quantitative estimate of drug-likeness (QED) is 0.792. The van der Waals surface area contributed by atoms with Crippen LogP contribution >= 0.6 is 11.3 Å². The molecule has 3 nitrogen and oxygen atoms in total. The Morgan fingerprint density at radius 3 is 2.94 bits per heavy atom. The Bertz CT molecular complexity index is 358. The number of rotatable bonds is 6. The maximum absolute atomic E-state index is 5.45. The summed E-state index contributed by atoms with van der Waals surface area (Å²) in [6.45, 7) is 11.7. The summed E-state index contributed by atoms with van der Waals surface area (Å²) >= 11 is 1.79. The van der Waals surface area contributed by atoms with E-state index >= 15 is 0 Å². The van der Waals surface area contributed by atoms with Crippen LogP contribution in [0.4, 0.5) is 0 Å². The number of hydrogen-bond donors (Lipinski definition) is 0. The Labute approximate surface area is 114 Å². The van der Waals surface area contributed by atoms with Gasteiger partial charge < -0.3 is 4.74 Å². The first kappa shape index (κ1) is 14.0. The van der Waals surface area contributed by atoms with Crippen LogP contribution in [-0.4, -0.2) is 36.2 Å². The molecule has 1 fully saturated rings. The highest BCUT2D eigenvalue weighted by molar-refractivity contribution is 7.09. The number of hydrogen-bond acceptors (Lipinski definition) is 4. The number of ether oxygens (including phenoxy) is 1. The highest BCUT2D eigenvalue weighted by Crippen LogP contribution is 2.21. The SMILES string of the molecule is CCN(Cc1csc(C(C)C)n1)C[C@H]1CCOC1. The van der Waals surface area contributed by atoms with Crippen LogP contribution < -0.4 is 0 Å². The first-order valence-electron chi connectivity index (χ1n) is 6.93. The molecule has 2 rings (SSSR count). The minimum atomic E-state index is 0.544. The van der Waals surface area contributed by atoms with E-state index in [9.17, 15) is 0 Å². The molecular formula is C14H24N2OS. The molecule has 0 N–H and O–H groups in total. The van der Waals surface area contributed by atoms with Gasteiger partial charge in [-0.2, -0.15) is 0 Å². The van der Waals surface area contributed by atoms with Crippen molar-refractivity contribution in [2.75, 3.05) is 26.3 Å². The molecule has 0 saturated carbocycles. The lowest BCUT2D eigenvalue weighted by Gasteiger charge is -2.22. The molecule has 0 aliphatic carbocycles. The Kier molecular flexibility index (Phi) is 5.15. The van der Waals surface area contributed by atoms with Gasteiger partial charge in [0.05, 0.1) is 17.3 Å². The van der Waals surface area contributed by atoms with Gasteiger partial charge in [-0.05, 0) is 18.9 Å². The molecule has 1 atom stereocenters. The van der Waals surface area contributed by atoms with Crippen molar-refractivity contribution in [3.05, 3.63) is 16.1 Å². The third-order valence-electron chi connectivity index (χ3n) is 3.44. The van der Waals surface area contributed by atoms with Gasteiger partial charge in [-0.3, -0.25) is 4.90 Å². The third kappa shape index (κ3) is 3.77. The second-order valence-electron chi connectivity index (χ2n) is 5.39. The third-order valence-corrected chi connectivity index (χ3v) is 4.63. The van der Waals surface area contributed by atoms with Crippen molar-refractivity contribution in [3.63, 3.8) is 0 Å². The van der Waals surface area contributed by atoms with Crippen LogP contribution in [0.25, 0.3) is 0 Å². The normalized spacial score (nSPS) is 20.2. The van der Waals surface area contributed by atoms with E-state index in [2.05, 4.69) is 31.1 Å². The fourth-order valence-corrected chi connectivity index (χ4v) is 3.11. The molecule has 0 unspecified atom stereocenters. The summed E-state index contributed by atoms with van der Waals surface area (Å²) in [6.07, 6.45) is 1.21. The van der Waals surface area contributed by atoms with E-state index in [-0.39, 0.29) is 0 Å². The predicted molar refractivity (Wildman–Crippen MR) is 76.1 cm³/mol. The number of aromatic nitrogens is 1. The second-order valence-corrected chi connectivity index (χ2v) is 6.28. The average Bonchev–Trinajstić information content (AvgIpc) is 2.99. The van der Waals surface area contributed by atoms with Crippen LogP contribution in [0.3, 0.4) is 0 Å². The van der Waals surface area contributed by atoms with Gasteiger partial charge >= 0.3 is 0 Å². The Balaban J connectivity index is 1.88. The lowest BCUT2D eigenvalue weighted by molar-refractivity contribution is 0.166. The molecule has 0 spiro atoms. The molecule has 1 aliphatic heterocycles. The molecule has 102 valence electrons. The average molecular weight is 268 g/mol. The summed E-state index contributed by atoms with van der Waals surface area (Å²) in [7, 11) is 0. The molecule has 4 heteroatoms. The van der Waals surface area contributed by atoms with Gasteiger partial charge in [-0.25, -0.2) is 4.98 Å². The van der Waals surface area contributed by atoms with Crippen molar-refractivity contribution in [2.45, 2.75) is 39.7 Å². The van der Waals surface area contributed by atoms with Gasteiger partial charge in [0, 0.05) is 31.0 Å². The van der Waals surface area contributed by atoms with Crippen molar-refractivity contribution in [1.29, 1.82) is 0 Å². The zero-order valence-corrected chi connectivity index (χ0v) is 12.5. The van der Waals surface area contributed by atoms with Crippen LogP contribution in [0, 0.1) is 5.92 Å². The van der Waals surface area contributed by atoms with E-state index in [1.165, 1.54) is 17.1 Å². The van der Waals surface area contributed by atoms with Gasteiger partial charge in [0.25, 0.3) is 0 Å². The molecule has 0 bridgehead atoms. The van der Waals surface area contributed by atoms with Gasteiger partial charge in [-0.1, -0.05) is 20.8 Å². The number of nitrogens with zero attached hydrogens (tertiary/aromatic N) is 2. The molecule has 1 aromatic heterocycles. The molecule has 2 heterocycles. The summed E-state index contributed by atoms with van der Waals surface area (Å²) in [5, 5.41) is 3.47. The molecule has 18 heavy (non-hydrogen) atoms. The first-order chi connectivity index (χ1) is 8.69. The standard InChI is InChI=1S/C14H24N2OS/c1-4-16(7-12-5-6-17-9-12)8-13-10-18-14(15-13)11(2)3/h10-12H,4-9H2,1-3H3/t12-/m1/s1. The summed E-state index contributed by atoms with van der Waals surface area (Å²) in [4.78, 5) is 7.20. The molecule has 1 saturated heterocycles. The van der Waals surface area contributed by atoms with Crippen LogP contribution in [0.1, 0.15) is 43.8 Å². The zero-order valence-electron chi connectivity index (χ0n) is 11.7. The monoisotopic (exact) mass is 268 g/mol. The number of thiazole rings is 1. The van der Waals surface area contributed by atoms with Crippen molar-refractivity contribution in [2.24, 2.45) is 5.92 Å². The lowest BCUT2D eigenvalue weighted by atomic mass is 10.1. The van der Waals surface area contributed by atoms with Crippen molar-refractivity contribution < 1.29 is 4.74 Å². The topological polar surface area (TPSA) is 25.4 Å². The summed E-state index contributed by atoms with van der Waals surface area (Å²) < 4.78 is 5.45. The van der Waals surface area contributed by atoms with E-state index in [0.29, 0.717) is 11.8 Å².